The normalized spacial score (nSPS) is 13.3. The monoisotopic (exact) mass is 302 g/mol. The third-order valence-electron chi connectivity index (χ3n) is 2.66. The van der Waals surface area contributed by atoms with Crippen molar-refractivity contribution in [3.8, 4) is 0 Å². The van der Waals surface area contributed by atoms with E-state index in [1.165, 1.54) is 6.92 Å². The smallest absolute Gasteiger partial charge is 0.326 e. The molecule has 2 atom stereocenters. The zero-order chi connectivity index (χ0) is 16.6. The van der Waals surface area contributed by atoms with E-state index in [-0.39, 0.29) is 18.8 Å². The van der Waals surface area contributed by atoms with Gasteiger partial charge in [-0.05, 0) is 18.8 Å². The Hall–Kier alpha value is -2.12. The van der Waals surface area contributed by atoms with Gasteiger partial charge in [0.25, 0.3) is 0 Å². The Bertz CT molecular complexity index is 407. The number of rotatable bonds is 9. The molecule has 2 amide bonds. The lowest BCUT2D eigenvalue weighted by atomic mass is 10.0. The highest BCUT2D eigenvalue weighted by Gasteiger charge is 2.26. The molecule has 0 aliphatic carbocycles. The molecule has 0 heterocycles. The standard InChI is InChI=1S/C13H22N2O6/c1-7(2)6-10(14-8(3)16)12(19)15-9(13(20)21)4-5-11(17)18/h7,9-10H,4-6H2,1-3H3,(H,14,16)(H,15,19)(H,17,18)(H,20,21)/t9-,10+/m1/s1. The summed E-state index contributed by atoms with van der Waals surface area (Å²) in [6, 6.07) is -2.13. The minimum Gasteiger partial charge on any atom is -0.481 e. The molecular weight excluding hydrogens is 280 g/mol. The Morgan fingerprint density at radius 3 is 1.95 bits per heavy atom. The Balaban J connectivity index is 4.76. The van der Waals surface area contributed by atoms with E-state index in [0.717, 1.165) is 0 Å². The van der Waals surface area contributed by atoms with Crippen molar-refractivity contribution >= 4 is 23.8 Å². The third kappa shape index (κ3) is 8.61. The molecule has 0 rings (SSSR count). The van der Waals surface area contributed by atoms with Gasteiger partial charge in [0.1, 0.15) is 12.1 Å². The van der Waals surface area contributed by atoms with E-state index in [1.807, 2.05) is 13.8 Å². The number of hydrogen-bond donors (Lipinski definition) is 4. The molecule has 21 heavy (non-hydrogen) atoms. The van der Waals surface area contributed by atoms with Gasteiger partial charge >= 0.3 is 11.9 Å². The summed E-state index contributed by atoms with van der Waals surface area (Å²) < 4.78 is 0. The average Bonchev–Trinajstić information content (AvgIpc) is 2.31. The zero-order valence-corrected chi connectivity index (χ0v) is 12.4. The molecule has 0 unspecified atom stereocenters. The van der Waals surface area contributed by atoms with Crippen LogP contribution >= 0.6 is 0 Å². The topological polar surface area (TPSA) is 133 Å². The second kappa shape index (κ2) is 8.93. The largest absolute Gasteiger partial charge is 0.481 e. The summed E-state index contributed by atoms with van der Waals surface area (Å²) in [4.78, 5) is 44.6. The van der Waals surface area contributed by atoms with Crippen LogP contribution in [-0.4, -0.2) is 46.0 Å². The van der Waals surface area contributed by atoms with Crippen LogP contribution in [-0.2, 0) is 19.2 Å². The van der Waals surface area contributed by atoms with Gasteiger partial charge in [-0.25, -0.2) is 4.79 Å². The van der Waals surface area contributed by atoms with Gasteiger partial charge in [-0.15, -0.1) is 0 Å². The van der Waals surface area contributed by atoms with Crippen molar-refractivity contribution in [3.05, 3.63) is 0 Å². The molecule has 0 fully saturated rings. The Morgan fingerprint density at radius 1 is 1.00 bits per heavy atom. The van der Waals surface area contributed by atoms with Crippen molar-refractivity contribution in [1.29, 1.82) is 0 Å². The lowest BCUT2D eigenvalue weighted by Crippen LogP contribution is -2.51. The molecule has 4 N–H and O–H groups in total. The first-order chi connectivity index (χ1) is 9.63. The quantitative estimate of drug-likeness (QED) is 0.473. The number of nitrogens with one attached hydrogen (secondary N) is 2. The summed E-state index contributed by atoms with van der Waals surface area (Å²) in [7, 11) is 0. The molecule has 0 bridgehead atoms. The van der Waals surface area contributed by atoms with Gasteiger partial charge in [0, 0.05) is 13.3 Å². The van der Waals surface area contributed by atoms with Gasteiger partial charge in [0.15, 0.2) is 0 Å². The molecule has 0 aliphatic heterocycles. The van der Waals surface area contributed by atoms with Gasteiger partial charge in [0.2, 0.25) is 11.8 Å². The molecule has 0 aromatic carbocycles. The van der Waals surface area contributed by atoms with E-state index in [9.17, 15) is 19.2 Å². The molecule has 0 aliphatic rings. The first kappa shape index (κ1) is 18.9. The van der Waals surface area contributed by atoms with Crippen LogP contribution in [0.4, 0.5) is 0 Å². The summed E-state index contributed by atoms with van der Waals surface area (Å²) >= 11 is 0. The fourth-order valence-corrected chi connectivity index (χ4v) is 1.75. The maximum Gasteiger partial charge on any atom is 0.326 e. The molecule has 0 spiro atoms. The van der Waals surface area contributed by atoms with Crippen molar-refractivity contribution in [2.75, 3.05) is 0 Å². The molecular formula is C13H22N2O6. The van der Waals surface area contributed by atoms with Gasteiger partial charge in [-0.1, -0.05) is 13.8 Å². The predicted molar refractivity (Wildman–Crippen MR) is 73.5 cm³/mol. The van der Waals surface area contributed by atoms with Gasteiger partial charge in [0.05, 0.1) is 0 Å². The summed E-state index contributed by atoms with van der Waals surface area (Å²) in [6.07, 6.45) is -0.228. The molecule has 8 heteroatoms. The number of amides is 2. The van der Waals surface area contributed by atoms with Crippen molar-refractivity contribution in [3.63, 3.8) is 0 Å². The van der Waals surface area contributed by atoms with Crippen molar-refractivity contribution < 1.29 is 29.4 Å². The van der Waals surface area contributed by atoms with Crippen LogP contribution in [0.2, 0.25) is 0 Å². The fraction of sp³-hybridized carbons (Fsp3) is 0.692. The highest BCUT2D eigenvalue weighted by molar-refractivity contribution is 5.90. The number of carbonyl (C=O) groups excluding carboxylic acids is 2. The maximum atomic E-state index is 12.0. The second-order valence-electron chi connectivity index (χ2n) is 5.21. The van der Waals surface area contributed by atoms with E-state index >= 15 is 0 Å². The Morgan fingerprint density at radius 2 is 1.57 bits per heavy atom. The van der Waals surface area contributed by atoms with Crippen LogP contribution in [0.5, 0.6) is 0 Å². The number of aliphatic carboxylic acids is 2. The van der Waals surface area contributed by atoms with E-state index in [1.54, 1.807) is 0 Å². The van der Waals surface area contributed by atoms with E-state index in [0.29, 0.717) is 6.42 Å². The molecule has 0 aromatic heterocycles. The SMILES string of the molecule is CC(=O)N[C@@H](CC(C)C)C(=O)N[C@H](CCC(=O)O)C(=O)O. The van der Waals surface area contributed by atoms with Crippen molar-refractivity contribution in [2.45, 2.75) is 52.1 Å². The molecule has 0 saturated heterocycles. The molecule has 120 valence electrons. The Labute approximate surface area is 122 Å². The fourth-order valence-electron chi connectivity index (χ4n) is 1.75. The first-order valence-corrected chi connectivity index (χ1v) is 6.65. The zero-order valence-electron chi connectivity index (χ0n) is 12.4. The Kier molecular flexibility index (Phi) is 8.03. The molecule has 0 aromatic rings. The van der Waals surface area contributed by atoms with Gasteiger partial charge in [-0.3, -0.25) is 14.4 Å². The predicted octanol–water partition coefficient (Wildman–Crippen LogP) is -0.0286. The van der Waals surface area contributed by atoms with Crippen LogP contribution < -0.4 is 10.6 Å². The molecule has 0 radical (unpaired) electrons. The van der Waals surface area contributed by atoms with E-state index in [4.69, 9.17) is 10.2 Å². The van der Waals surface area contributed by atoms with Crippen LogP contribution in [0.1, 0.15) is 40.0 Å². The number of carboxylic acid groups (broad SMARTS) is 2. The van der Waals surface area contributed by atoms with Crippen LogP contribution in [0.15, 0.2) is 0 Å². The van der Waals surface area contributed by atoms with Crippen molar-refractivity contribution in [2.24, 2.45) is 5.92 Å². The maximum absolute atomic E-state index is 12.0. The van der Waals surface area contributed by atoms with Crippen LogP contribution in [0, 0.1) is 5.92 Å². The van der Waals surface area contributed by atoms with E-state index in [2.05, 4.69) is 10.6 Å². The number of carboxylic acids is 2. The summed E-state index contributed by atoms with van der Waals surface area (Å²) in [5.41, 5.74) is 0. The van der Waals surface area contributed by atoms with Gasteiger partial charge in [-0.2, -0.15) is 0 Å². The van der Waals surface area contributed by atoms with Crippen LogP contribution in [0.25, 0.3) is 0 Å². The minimum atomic E-state index is -1.31. The summed E-state index contributed by atoms with van der Waals surface area (Å²) in [6.45, 7) is 4.99. The van der Waals surface area contributed by atoms with Crippen molar-refractivity contribution in [1.82, 2.24) is 10.6 Å². The van der Waals surface area contributed by atoms with Gasteiger partial charge < -0.3 is 20.8 Å². The summed E-state index contributed by atoms with van der Waals surface area (Å²) in [5.74, 6) is -3.35. The van der Waals surface area contributed by atoms with E-state index < -0.39 is 35.8 Å². The average molecular weight is 302 g/mol. The molecule has 8 nitrogen and oxygen atoms in total. The third-order valence-corrected chi connectivity index (χ3v) is 2.66. The lowest BCUT2D eigenvalue weighted by Gasteiger charge is -2.22. The highest BCUT2D eigenvalue weighted by atomic mass is 16.4. The highest BCUT2D eigenvalue weighted by Crippen LogP contribution is 2.06. The molecule has 0 saturated carbocycles. The summed E-state index contributed by atoms with van der Waals surface area (Å²) in [5, 5.41) is 22.3. The minimum absolute atomic E-state index is 0.120. The first-order valence-electron chi connectivity index (χ1n) is 6.65. The number of carbonyl (C=O) groups is 4. The number of hydrogen-bond acceptors (Lipinski definition) is 4. The van der Waals surface area contributed by atoms with Crippen LogP contribution in [0.3, 0.4) is 0 Å². The second-order valence-corrected chi connectivity index (χ2v) is 5.21. The lowest BCUT2D eigenvalue weighted by molar-refractivity contribution is -0.143.